The fraction of sp³-hybridized carbons (Fsp3) is 0.200. The predicted octanol–water partition coefficient (Wildman–Crippen LogP) is 1.98. The van der Waals surface area contributed by atoms with E-state index in [4.69, 9.17) is 15.6 Å². The lowest BCUT2D eigenvalue weighted by Gasteiger charge is -2.00. The minimum Gasteiger partial charge on any atom is -0.495 e. The SMILES string of the molecule is COc1c(CO)sc2ccc(N)cc12. The van der Waals surface area contributed by atoms with Gasteiger partial charge in [0.05, 0.1) is 18.6 Å². The van der Waals surface area contributed by atoms with E-state index in [2.05, 4.69) is 0 Å². The zero-order valence-corrected chi connectivity index (χ0v) is 8.60. The Balaban J connectivity index is 2.74. The molecule has 0 atom stereocenters. The molecule has 74 valence electrons. The fourth-order valence-electron chi connectivity index (χ4n) is 1.47. The first-order chi connectivity index (χ1) is 6.76. The van der Waals surface area contributed by atoms with Crippen molar-refractivity contribution < 1.29 is 9.84 Å². The third-order valence-corrected chi connectivity index (χ3v) is 3.22. The molecule has 0 aliphatic rings. The van der Waals surface area contributed by atoms with Gasteiger partial charge in [0.1, 0.15) is 5.75 Å². The van der Waals surface area contributed by atoms with Gasteiger partial charge >= 0.3 is 0 Å². The Morgan fingerprint density at radius 1 is 1.50 bits per heavy atom. The normalized spacial score (nSPS) is 10.7. The van der Waals surface area contributed by atoms with Crippen molar-refractivity contribution in [3.8, 4) is 5.75 Å². The van der Waals surface area contributed by atoms with E-state index in [0.29, 0.717) is 5.69 Å². The topological polar surface area (TPSA) is 55.5 Å². The third-order valence-electron chi connectivity index (χ3n) is 2.08. The molecule has 0 amide bonds. The summed E-state index contributed by atoms with van der Waals surface area (Å²) < 4.78 is 6.32. The van der Waals surface area contributed by atoms with Gasteiger partial charge in [0.15, 0.2) is 0 Å². The second-order valence-corrected chi connectivity index (χ2v) is 4.11. The highest BCUT2D eigenvalue weighted by Gasteiger charge is 2.11. The molecule has 1 aromatic heterocycles. The van der Waals surface area contributed by atoms with E-state index in [9.17, 15) is 0 Å². The molecule has 2 rings (SSSR count). The molecule has 0 aliphatic heterocycles. The number of methoxy groups -OCH3 is 1. The average molecular weight is 209 g/mol. The standard InChI is InChI=1S/C10H11NO2S/c1-13-10-7-4-6(11)2-3-8(7)14-9(10)5-12/h2-4,12H,5,11H2,1H3. The maximum Gasteiger partial charge on any atom is 0.143 e. The van der Waals surface area contributed by atoms with Gasteiger partial charge < -0.3 is 15.6 Å². The van der Waals surface area contributed by atoms with Crippen LogP contribution >= 0.6 is 11.3 Å². The Hall–Kier alpha value is -1.26. The highest BCUT2D eigenvalue weighted by molar-refractivity contribution is 7.19. The smallest absolute Gasteiger partial charge is 0.143 e. The van der Waals surface area contributed by atoms with Crippen molar-refractivity contribution in [3.63, 3.8) is 0 Å². The van der Waals surface area contributed by atoms with Gasteiger partial charge in [-0.2, -0.15) is 0 Å². The lowest BCUT2D eigenvalue weighted by molar-refractivity contribution is 0.278. The number of anilines is 1. The van der Waals surface area contributed by atoms with Crippen LogP contribution in [0, 0.1) is 0 Å². The predicted molar refractivity (Wildman–Crippen MR) is 58.7 cm³/mol. The van der Waals surface area contributed by atoms with Gasteiger partial charge in [-0.1, -0.05) is 0 Å². The largest absolute Gasteiger partial charge is 0.495 e. The summed E-state index contributed by atoms with van der Waals surface area (Å²) in [5, 5.41) is 10.1. The van der Waals surface area contributed by atoms with Crippen LogP contribution in [-0.4, -0.2) is 12.2 Å². The summed E-state index contributed by atoms with van der Waals surface area (Å²) in [5.74, 6) is 0.736. The molecule has 3 N–H and O–H groups in total. The van der Waals surface area contributed by atoms with Crippen LogP contribution in [0.2, 0.25) is 0 Å². The van der Waals surface area contributed by atoms with E-state index in [0.717, 1.165) is 20.7 Å². The summed E-state index contributed by atoms with van der Waals surface area (Å²) in [7, 11) is 1.60. The molecule has 1 aromatic carbocycles. The molecule has 2 aromatic rings. The number of rotatable bonds is 2. The Bertz CT molecular complexity index is 464. The Morgan fingerprint density at radius 3 is 2.93 bits per heavy atom. The van der Waals surface area contributed by atoms with Crippen LogP contribution < -0.4 is 10.5 Å². The van der Waals surface area contributed by atoms with E-state index < -0.39 is 0 Å². The Morgan fingerprint density at radius 2 is 2.29 bits per heavy atom. The number of aliphatic hydroxyl groups excluding tert-OH is 1. The molecule has 0 radical (unpaired) electrons. The van der Waals surface area contributed by atoms with Crippen LogP contribution in [0.3, 0.4) is 0 Å². The van der Waals surface area contributed by atoms with E-state index in [1.165, 1.54) is 11.3 Å². The van der Waals surface area contributed by atoms with Crippen LogP contribution in [0.1, 0.15) is 4.88 Å². The van der Waals surface area contributed by atoms with Crippen LogP contribution in [0.5, 0.6) is 5.75 Å². The first-order valence-electron chi connectivity index (χ1n) is 4.22. The molecule has 0 saturated heterocycles. The van der Waals surface area contributed by atoms with Gasteiger partial charge in [0.2, 0.25) is 0 Å². The van der Waals surface area contributed by atoms with Gasteiger partial charge in [0.25, 0.3) is 0 Å². The number of thiophene rings is 1. The molecule has 0 aliphatic carbocycles. The first-order valence-corrected chi connectivity index (χ1v) is 5.03. The number of nitrogens with two attached hydrogens (primary N) is 1. The molecule has 3 nitrogen and oxygen atoms in total. The van der Waals surface area contributed by atoms with E-state index in [1.807, 2.05) is 18.2 Å². The monoisotopic (exact) mass is 209 g/mol. The van der Waals surface area contributed by atoms with Crippen molar-refractivity contribution in [2.24, 2.45) is 0 Å². The van der Waals surface area contributed by atoms with Crippen molar-refractivity contribution >= 4 is 27.1 Å². The van der Waals surface area contributed by atoms with Crippen LogP contribution in [0.25, 0.3) is 10.1 Å². The highest BCUT2D eigenvalue weighted by atomic mass is 32.1. The number of hydrogen-bond acceptors (Lipinski definition) is 4. The fourth-order valence-corrected chi connectivity index (χ4v) is 2.48. The summed E-state index contributed by atoms with van der Waals surface area (Å²) in [6.45, 7) is 0.00241. The van der Waals surface area contributed by atoms with E-state index in [1.54, 1.807) is 7.11 Å². The molecule has 0 unspecified atom stereocenters. The molecule has 0 bridgehead atoms. The summed E-state index contributed by atoms with van der Waals surface area (Å²) >= 11 is 1.53. The second kappa shape index (κ2) is 3.48. The third kappa shape index (κ3) is 1.32. The lowest BCUT2D eigenvalue weighted by Crippen LogP contribution is -1.87. The summed E-state index contributed by atoms with van der Waals surface area (Å²) in [4.78, 5) is 0.841. The Kier molecular flexibility index (Phi) is 2.31. The minimum atomic E-state index is 0.00241. The van der Waals surface area contributed by atoms with Crippen molar-refractivity contribution in [2.75, 3.05) is 12.8 Å². The number of hydrogen-bond donors (Lipinski definition) is 2. The minimum absolute atomic E-state index is 0.00241. The van der Waals surface area contributed by atoms with E-state index in [-0.39, 0.29) is 6.61 Å². The van der Waals surface area contributed by atoms with Gasteiger partial charge in [0, 0.05) is 15.8 Å². The van der Waals surface area contributed by atoms with Crippen LogP contribution in [-0.2, 0) is 6.61 Å². The molecular weight excluding hydrogens is 198 g/mol. The molecule has 14 heavy (non-hydrogen) atoms. The number of aliphatic hydroxyl groups is 1. The quantitative estimate of drug-likeness (QED) is 0.744. The molecule has 0 fully saturated rings. The molecular formula is C10H11NO2S. The molecule has 1 heterocycles. The highest BCUT2D eigenvalue weighted by Crippen LogP contribution is 2.38. The number of benzene rings is 1. The molecule has 4 heteroatoms. The number of fused-ring (bicyclic) bond motifs is 1. The maximum absolute atomic E-state index is 9.12. The zero-order chi connectivity index (χ0) is 10.1. The van der Waals surface area contributed by atoms with Gasteiger partial charge in [-0.15, -0.1) is 11.3 Å². The molecule has 0 spiro atoms. The summed E-state index contributed by atoms with van der Waals surface area (Å²) in [6, 6.07) is 5.65. The Labute approximate surface area is 85.7 Å². The zero-order valence-electron chi connectivity index (χ0n) is 7.78. The van der Waals surface area contributed by atoms with Crippen molar-refractivity contribution in [2.45, 2.75) is 6.61 Å². The van der Waals surface area contributed by atoms with Gasteiger partial charge in [-0.25, -0.2) is 0 Å². The first kappa shape index (κ1) is 9.30. The average Bonchev–Trinajstić information content (AvgIpc) is 2.54. The van der Waals surface area contributed by atoms with Crippen molar-refractivity contribution in [1.29, 1.82) is 0 Å². The summed E-state index contributed by atoms with van der Waals surface area (Å²) in [5.41, 5.74) is 6.39. The van der Waals surface area contributed by atoms with Crippen LogP contribution in [0.15, 0.2) is 18.2 Å². The lowest BCUT2D eigenvalue weighted by atomic mass is 10.2. The van der Waals surface area contributed by atoms with E-state index >= 15 is 0 Å². The maximum atomic E-state index is 9.12. The summed E-state index contributed by atoms with van der Waals surface area (Å²) in [6.07, 6.45) is 0. The van der Waals surface area contributed by atoms with Gasteiger partial charge in [-0.05, 0) is 18.2 Å². The van der Waals surface area contributed by atoms with Crippen molar-refractivity contribution in [3.05, 3.63) is 23.1 Å². The second-order valence-electron chi connectivity index (χ2n) is 2.97. The van der Waals surface area contributed by atoms with Crippen LogP contribution in [0.4, 0.5) is 5.69 Å². The molecule has 0 saturated carbocycles. The number of ether oxygens (including phenoxy) is 1. The number of nitrogen functional groups attached to an aromatic ring is 1. The van der Waals surface area contributed by atoms with Gasteiger partial charge in [-0.3, -0.25) is 0 Å². The van der Waals surface area contributed by atoms with Crippen molar-refractivity contribution in [1.82, 2.24) is 0 Å².